The van der Waals surface area contributed by atoms with Crippen molar-refractivity contribution in [3.63, 3.8) is 0 Å². The number of hydrogen-bond donors (Lipinski definition) is 4. The molecule has 0 saturated heterocycles. The fourth-order valence-corrected chi connectivity index (χ4v) is 3.82. The fraction of sp³-hybridized carbons (Fsp3) is 0.154. The number of amidine groups is 1. The first kappa shape index (κ1) is 27.4. The van der Waals surface area contributed by atoms with E-state index in [-0.39, 0.29) is 33.0 Å². The number of anilines is 1. The van der Waals surface area contributed by atoms with Gasteiger partial charge in [0.1, 0.15) is 35.3 Å². The standard InChI is InChI=1S/C24H20ClF2N5O3.C2H6/c1-12(16-7-2-13(26)8-20(16)25)35-15-5-3-14(4-6-15)30-24(33)19-11-34-22-10-18(23(31-28)32-29)21(27)9-17(19)22;1-2/h2-12H,28-29H2,1H3,(H,30,33)(H,31,32);1-2H3. The smallest absolute Gasteiger partial charge is 0.259 e. The number of carbonyl (C=O) groups is 1. The van der Waals surface area contributed by atoms with Gasteiger partial charge in [0.15, 0.2) is 5.84 Å². The molecular weight excluding hydrogens is 504 g/mol. The van der Waals surface area contributed by atoms with Crippen LogP contribution in [0.3, 0.4) is 0 Å². The Morgan fingerprint density at radius 1 is 1.08 bits per heavy atom. The maximum atomic E-state index is 14.6. The maximum Gasteiger partial charge on any atom is 0.259 e. The Morgan fingerprint density at radius 2 is 1.78 bits per heavy atom. The highest BCUT2D eigenvalue weighted by atomic mass is 35.5. The summed E-state index contributed by atoms with van der Waals surface area (Å²) >= 11 is 6.09. The van der Waals surface area contributed by atoms with Gasteiger partial charge in [-0.25, -0.2) is 14.6 Å². The van der Waals surface area contributed by atoms with Gasteiger partial charge in [0.05, 0.1) is 16.1 Å². The summed E-state index contributed by atoms with van der Waals surface area (Å²) in [4.78, 5) is 12.8. The molecule has 194 valence electrons. The van der Waals surface area contributed by atoms with Gasteiger partial charge in [0, 0.05) is 16.6 Å². The molecule has 1 unspecified atom stereocenters. The van der Waals surface area contributed by atoms with E-state index in [1.54, 1.807) is 37.3 Å². The largest absolute Gasteiger partial charge is 0.486 e. The van der Waals surface area contributed by atoms with Gasteiger partial charge in [-0.15, -0.1) is 0 Å². The summed E-state index contributed by atoms with van der Waals surface area (Å²) in [6.45, 7) is 5.79. The van der Waals surface area contributed by atoms with E-state index in [1.165, 1.54) is 24.5 Å². The van der Waals surface area contributed by atoms with Crippen LogP contribution in [0.15, 0.2) is 70.4 Å². The molecule has 6 N–H and O–H groups in total. The zero-order valence-electron chi connectivity index (χ0n) is 20.3. The molecular formula is C26H26ClF2N5O3. The Morgan fingerprint density at radius 3 is 2.41 bits per heavy atom. The van der Waals surface area contributed by atoms with Crippen LogP contribution in [-0.2, 0) is 0 Å². The zero-order chi connectivity index (χ0) is 27.1. The fourth-order valence-electron chi connectivity index (χ4n) is 3.50. The first-order valence-electron chi connectivity index (χ1n) is 11.3. The number of nitrogens with zero attached hydrogens (tertiary/aromatic N) is 1. The highest BCUT2D eigenvalue weighted by Crippen LogP contribution is 2.29. The topological polar surface area (TPSA) is 128 Å². The lowest BCUT2D eigenvalue weighted by Gasteiger charge is -2.16. The highest BCUT2D eigenvalue weighted by Gasteiger charge is 2.19. The first-order valence-corrected chi connectivity index (χ1v) is 11.7. The van der Waals surface area contributed by atoms with Crippen LogP contribution < -0.4 is 27.2 Å². The van der Waals surface area contributed by atoms with Crippen LogP contribution in [0, 0.1) is 11.6 Å². The van der Waals surface area contributed by atoms with E-state index in [0.29, 0.717) is 17.0 Å². The molecule has 3 aromatic carbocycles. The molecule has 0 radical (unpaired) electrons. The van der Waals surface area contributed by atoms with Crippen LogP contribution in [0.5, 0.6) is 5.75 Å². The second-order valence-electron chi connectivity index (χ2n) is 7.50. The zero-order valence-corrected chi connectivity index (χ0v) is 21.1. The first-order chi connectivity index (χ1) is 17.8. The average Bonchev–Trinajstić information content (AvgIpc) is 3.30. The van der Waals surface area contributed by atoms with Gasteiger partial charge < -0.3 is 25.7 Å². The third kappa shape index (κ3) is 6.16. The number of nitrogens with one attached hydrogen (secondary N) is 2. The van der Waals surface area contributed by atoms with Crippen molar-refractivity contribution < 1.29 is 22.7 Å². The second-order valence-corrected chi connectivity index (χ2v) is 7.91. The quantitative estimate of drug-likeness (QED) is 0.107. The molecule has 0 bridgehead atoms. The van der Waals surface area contributed by atoms with Crippen molar-refractivity contribution in [3.05, 3.63) is 94.2 Å². The average molecular weight is 530 g/mol. The number of furan rings is 1. The predicted octanol–water partition coefficient (Wildman–Crippen LogP) is 5.87. The van der Waals surface area contributed by atoms with Crippen molar-refractivity contribution >= 4 is 40.0 Å². The van der Waals surface area contributed by atoms with Crippen LogP contribution in [0.2, 0.25) is 5.02 Å². The molecule has 4 rings (SSSR count). The third-order valence-electron chi connectivity index (χ3n) is 5.25. The van der Waals surface area contributed by atoms with Gasteiger partial charge in [0.2, 0.25) is 0 Å². The Hall–Kier alpha value is -4.15. The van der Waals surface area contributed by atoms with Crippen molar-refractivity contribution in [1.82, 2.24) is 5.43 Å². The lowest BCUT2D eigenvalue weighted by Crippen LogP contribution is -2.32. The van der Waals surface area contributed by atoms with Crippen molar-refractivity contribution in [1.29, 1.82) is 0 Å². The number of hydrazone groups is 1. The number of amides is 1. The molecule has 8 nitrogen and oxygen atoms in total. The molecule has 0 aliphatic carbocycles. The molecule has 37 heavy (non-hydrogen) atoms. The summed E-state index contributed by atoms with van der Waals surface area (Å²) in [7, 11) is 0. The summed E-state index contributed by atoms with van der Waals surface area (Å²) in [6.07, 6.45) is 0.796. The van der Waals surface area contributed by atoms with Crippen molar-refractivity contribution in [2.24, 2.45) is 16.8 Å². The summed E-state index contributed by atoms with van der Waals surface area (Å²) in [6, 6.07) is 13.2. The Kier molecular flexibility index (Phi) is 9.05. The van der Waals surface area contributed by atoms with E-state index >= 15 is 0 Å². The second kappa shape index (κ2) is 12.2. The molecule has 0 fully saturated rings. The van der Waals surface area contributed by atoms with Crippen molar-refractivity contribution in [2.45, 2.75) is 26.9 Å². The van der Waals surface area contributed by atoms with Gasteiger partial charge in [-0.3, -0.25) is 4.79 Å². The summed E-state index contributed by atoms with van der Waals surface area (Å²) in [5, 5.41) is 6.64. The number of benzene rings is 3. The minimum absolute atomic E-state index is 0.00412. The van der Waals surface area contributed by atoms with E-state index in [1.807, 2.05) is 13.8 Å². The number of carbonyl (C=O) groups excluding carboxylic acids is 1. The van der Waals surface area contributed by atoms with Gasteiger partial charge in [-0.05, 0) is 55.5 Å². The van der Waals surface area contributed by atoms with Gasteiger partial charge in [-0.1, -0.05) is 31.5 Å². The molecule has 0 aliphatic rings. The maximum absolute atomic E-state index is 14.6. The number of ether oxygens (including phenoxy) is 1. The Balaban J connectivity index is 0.00000186. The predicted molar refractivity (Wildman–Crippen MR) is 140 cm³/mol. The molecule has 11 heteroatoms. The number of hydrogen-bond acceptors (Lipinski definition) is 6. The summed E-state index contributed by atoms with van der Waals surface area (Å²) in [5.41, 5.74) is 3.70. The molecule has 1 aromatic heterocycles. The Labute approximate surface area is 217 Å². The third-order valence-corrected chi connectivity index (χ3v) is 5.58. The minimum Gasteiger partial charge on any atom is -0.486 e. The number of hydrazine groups is 1. The summed E-state index contributed by atoms with van der Waals surface area (Å²) < 4.78 is 39.1. The van der Waals surface area contributed by atoms with E-state index in [2.05, 4.69) is 15.8 Å². The molecule has 4 aromatic rings. The number of fused-ring (bicyclic) bond motifs is 1. The lowest BCUT2D eigenvalue weighted by molar-refractivity contribution is 0.102. The molecule has 1 atom stereocenters. The summed E-state index contributed by atoms with van der Waals surface area (Å²) in [5.74, 6) is 9.32. The molecule has 1 amide bonds. The monoisotopic (exact) mass is 529 g/mol. The van der Waals surface area contributed by atoms with Crippen LogP contribution in [-0.4, -0.2) is 11.7 Å². The van der Waals surface area contributed by atoms with Gasteiger partial charge >= 0.3 is 0 Å². The van der Waals surface area contributed by atoms with Crippen LogP contribution in [0.25, 0.3) is 11.0 Å². The van der Waals surface area contributed by atoms with E-state index in [9.17, 15) is 13.6 Å². The molecule has 0 saturated carbocycles. The van der Waals surface area contributed by atoms with Crippen molar-refractivity contribution in [2.75, 3.05) is 5.32 Å². The van der Waals surface area contributed by atoms with Crippen LogP contribution >= 0.6 is 11.6 Å². The highest BCUT2D eigenvalue weighted by molar-refractivity contribution is 6.31. The molecule has 0 aliphatic heterocycles. The number of rotatable bonds is 6. The number of nitrogens with two attached hydrogens (primary N) is 2. The van der Waals surface area contributed by atoms with Crippen LogP contribution in [0.4, 0.5) is 14.5 Å². The lowest BCUT2D eigenvalue weighted by atomic mass is 10.1. The molecule has 1 heterocycles. The van der Waals surface area contributed by atoms with E-state index in [4.69, 9.17) is 32.4 Å². The van der Waals surface area contributed by atoms with Gasteiger partial charge in [-0.2, -0.15) is 5.10 Å². The van der Waals surface area contributed by atoms with E-state index in [0.717, 1.165) is 6.07 Å². The SMILES string of the molecule is CC.CC(Oc1ccc(NC(=O)c2coc3cc(/C(=N/N)NN)c(F)cc23)cc1)c1ccc(F)cc1Cl. The van der Waals surface area contributed by atoms with Gasteiger partial charge in [0.25, 0.3) is 5.91 Å². The van der Waals surface area contributed by atoms with E-state index < -0.39 is 23.6 Å². The molecule has 0 spiro atoms. The minimum atomic E-state index is -0.688. The van der Waals surface area contributed by atoms with Crippen LogP contribution in [0.1, 0.15) is 48.4 Å². The Bertz CT molecular complexity index is 1420. The normalized spacial score (nSPS) is 11.9. The number of halogens is 3. The van der Waals surface area contributed by atoms with Crippen molar-refractivity contribution in [3.8, 4) is 5.75 Å².